The van der Waals surface area contributed by atoms with Gasteiger partial charge in [-0.3, -0.25) is 4.79 Å². The maximum Gasteiger partial charge on any atom is 0.226 e. The van der Waals surface area contributed by atoms with E-state index in [1.165, 1.54) is 22.3 Å². The van der Waals surface area contributed by atoms with Gasteiger partial charge in [0.05, 0.1) is 0 Å². The molecular weight excluding hydrogens is 270 g/mol. The van der Waals surface area contributed by atoms with Crippen LogP contribution < -0.4 is 5.32 Å². The van der Waals surface area contributed by atoms with Crippen molar-refractivity contribution in [3.05, 3.63) is 65.4 Å². The van der Waals surface area contributed by atoms with Crippen LogP contribution in [-0.4, -0.2) is 5.91 Å². The summed E-state index contributed by atoms with van der Waals surface area (Å²) in [6, 6.07) is 8.66. The van der Waals surface area contributed by atoms with Crippen molar-refractivity contribution in [2.45, 2.75) is 40.0 Å². The average molecular weight is 295 g/mol. The quantitative estimate of drug-likeness (QED) is 0.776. The fraction of sp³-hybridized carbons (Fsp3) is 0.350. The van der Waals surface area contributed by atoms with E-state index >= 15 is 0 Å². The summed E-state index contributed by atoms with van der Waals surface area (Å²) in [5.74, 6) is 0.536. The van der Waals surface area contributed by atoms with E-state index in [0.717, 1.165) is 6.42 Å². The zero-order chi connectivity index (χ0) is 16.1. The highest BCUT2D eigenvalue weighted by Gasteiger charge is 2.24. The molecule has 2 nitrogen and oxygen atoms in total. The maximum absolute atomic E-state index is 11.4. The third-order valence-electron chi connectivity index (χ3n) is 4.32. The Kier molecular flexibility index (Phi) is 5.37. The van der Waals surface area contributed by atoms with E-state index in [1.54, 1.807) is 6.20 Å². The van der Waals surface area contributed by atoms with Gasteiger partial charge in [0.1, 0.15) is 0 Å². The Labute approximate surface area is 133 Å². The van der Waals surface area contributed by atoms with Crippen LogP contribution in [0, 0.1) is 5.92 Å². The number of rotatable bonds is 5. The number of benzene rings is 1. The van der Waals surface area contributed by atoms with Gasteiger partial charge in [0.15, 0.2) is 0 Å². The van der Waals surface area contributed by atoms with Crippen molar-refractivity contribution < 1.29 is 4.79 Å². The second-order valence-corrected chi connectivity index (χ2v) is 6.13. The topological polar surface area (TPSA) is 29.1 Å². The number of fused-ring (bicyclic) bond motifs is 1. The number of hydrogen-bond acceptors (Lipinski definition) is 1. The van der Waals surface area contributed by atoms with Crippen LogP contribution in [0.3, 0.4) is 0 Å². The summed E-state index contributed by atoms with van der Waals surface area (Å²) in [4.78, 5) is 11.4. The molecule has 22 heavy (non-hydrogen) atoms. The molecule has 1 amide bonds. The molecule has 0 bridgehead atoms. The lowest BCUT2D eigenvalue weighted by molar-refractivity contribution is -0.123. The molecule has 1 aliphatic carbocycles. The first-order valence-corrected chi connectivity index (χ1v) is 7.91. The molecule has 1 aliphatic rings. The van der Waals surface area contributed by atoms with Crippen LogP contribution in [0.2, 0.25) is 0 Å². The van der Waals surface area contributed by atoms with Gasteiger partial charge >= 0.3 is 0 Å². The molecule has 0 radical (unpaired) electrons. The minimum Gasteiger partial charge on any atom is -0.332 e. The van der Waals surface area contributed by atoms with Crippen molar-refractivity contribution in [2.75, 3.05) is 0 Å². The highest BCUT2D eigenvalue weighted by Crippen LogP contribution is 2.43. The SMILES string of the molecule is CC1=C(C)C(CC=CC=CNC(=O)C(C)C)c2ccccc21. The lowest BCUT2D eigenvalue weighted by Gasteiger charge is -2.11. The van der Waals surface area contributed by atoms with Crippen LogP contribution in [0.4, 0.5) is 0 Å². The monoisotopic (exact) mass is 295 g/mol. The normalized spacial score (nSPS) is 17.8. The molecule has 0 saturated carbocycles. The molecule has 1 unspecified atom stereocenters. The van der Waals surface area contributed by atoms with Gasteiger partial charge in [-0.15, -0.1) is 0 Å². The Hall–Kier alpha value is -2.09. The van der Waals surface area contributed by atoms with Crippen molar-refractivity contribution in [1.82, 2.24) is 5.32 Å². The van der Waals surface area contributed by atoms with Gasteiger partial charge in [-0.25, -0.2) is 0 Å². The van der Waals surface area contributed by atoms with E-state index in [9.17, 15) is 4.79 Å². The highest BCUT2D eigenvalue weighted by molar-refractivity contribution is 5.78. The van der Waals surface area contributed by atoms with Crippen LogP contribution in [0.15, 0.2) is 54.3 Å². The maximum atomic E-state index is 11.4. The van der Waals surface area contributed by atoms with Crippen LogP contribution in [-0.2, 0) is 4.79 Å². The van der Waals surface area contributed by atoms with Gasteiger partial charge in [0.25, 0.3) is 0 Å². The number of hydrogen-bond donors (Lipinski definition) is 1. The highest BCUT2D eigenvalue weighted by atomic mass is 16.1. The molecule has 116 valence electrons. The molecule has 2 rings (SSSR count). The Morgan fingerprint density at radius 2 is 1.95 bits per heavy atom. The first-order chi connectivity index (χ1) is 10.5. The number of amides is 1. The molecule has 0 aromatic heterocycles. The van der Waals surface area contributed by atoms with Gasteiger partial charge in [-0.05, 0) is 43.0 Å². The first kappa shape index (κ1) is 16.3. The molecule has 1 aromatic rings. The standard InChI is InChI=1S/C20H25NO/c1-14(2)20(22)21-13-9-5-6-10-17-15(3)16(4)18-11-7-8-12-19(17)18/h5-9,11-14,17H,10H2,1-4H3,(H,21,22). The van der Waals surface area contributed by atoms with E-state index in [2.05, 4.69) is 49.5 Å². The van der Waals surface area contributed by atoms with Crippen LogP contribution in [0.5, 0.6) is 0 Å². The van der Waals surface area contributed by atoms with Crippen LogP contribution in [0.1, 0.15) is 51.2 Å². The summed E-state index contributed by atoms with van der Waals surface area (Å²) in [5, 5.41) is 2.76. The zero-order valence-electron chi connectivity index (χ0n) is 13.9. The fourth-order valence-electron chi connectivity index (χ4n) is 2.80. The predicted octanol–water partition coefficient (Wildman–Crippen LogP) is 4.81. The second kappa shape index (κ2) is 7.26. The average Bonchev–Trinajstić information content (AvgIpc) is 2.75. The van der Waals surface area contributed by atoms with E-state index < -0.39 is 0 Å². The van der Waals surface area contributed by atoms with E-state index in [1.807, 2.05) is 26.0 Å². The lowest BCUT2D eigenvalue weighted by Crippen LogP contribution is -2.22. The summed E-state index contributed by atoms with van der Waals surface area (Å²) in [6.45, 7) is 8.20. The first-order valence-electron chi connectivity index (χ1n) is 7.91. The molecule has 0 heterocycles. The van der Waals surface area contributed by atoms with Crippen LogP contribution in [0.25, 0.3) is 5.57 Å². The van der Waals surface area contributed by atoms with Crippen LogP contribution >= 0.6 is 0 Å². The molecule has 1 aromatic carbocycles. The molecule has 2 heteroatoms. The summed E-state index contributed by atoms with van der Waals surface area (Å²) < 4.78 is 0. The zero-order valence-corrected chi connectivity index (χ0v) is 13.9. The Balaban J connectivity index is 1.94. The number of carbonyl (C=O) groups excluding carboxylic acids is 1. The third kappa shape index (κ3) is 3.56. The fourth-order valence-corrected chi connectivity index (χ4v) is 2.80. The van der Waals surface area contributed by atoms with E-state index in [4.69, 9.17) is 0 Å². The van der Waals surface area contributed by atoms with Gasteiger partial charge in [-0.2, -0.15) is 0 Å². The van der Waals surface area contributed by atoms with E-state index in [-0.39, 0.29) is 11.8 Å². The Morgan fingerprint density at radius 3 is 2.68 bits per heavy atom. The summed E-state index contributed by atoms with van der Waals surface area (Å²) >= 11 is 0. The molecule has 0 aliphatic heterocycles. The van der Waals surface area contributed by atoms with Crippen molar-refractivity contribution in [3.8, 4) is 0 Å². The largest absolute Gasteiger partial charge is 0.332 e. The van der Waals surface area contributed by atoms with Crippen molar-refractivity contribution in [1.29, 1.82) is 0 Å². The smallest absolute Gasteiger partial charge is 0.226 e. The molecular formula is C20H25NO. The van der Waals surface area contributed by atoms with Crippen molar-refractivity contribution in [3.63, 3.8) is 0 Å². The molecule has 1 atom stereocenters. The number of allylic oxidation sites excluding steroid dienone is 5. The van der Waals surface area contributed by atoms with Gasteiger partial charge in [-0.1, -0.05) is 55.8 Å². The Morgan fingerprint density at radius 1 is 1.23 bits per heavy atom. The summed E-state index contributed by atoms with van der Waals surface area (Å²) in [6.07, 6.45) is 8.75. The second-order valence-electron chi connectivity index (χ2n) is 6.13. The van der Waals surface area contributed by atoms with Gasteiger partial charge in [0, 0.05) is 18.0 Å². The summed E-state index contributed by atoms with van der Waals surface area (Å²) in [7, 11) is 0. The molecule has 0 saturated heterocycles. The number of carbonyl (C=O) groups is 1. The van der Waals surface area contributed by atoms with Crippen molar-refractivity contribution in [2.24, 2.45) is 5.92 Å². The third-order valence-corrected chi connectivity index (χ3v) is 4.32. The molecule has 0 spiro atoms. The van der Waals surface area contributed by atoms with Gasteiger partial charge < -0.3 is 5.32 Å². The molecule has 1 N–H and O–H groups in total. The lowest BCUT2D eigenvalue weighted by atomic mass is 9.93. The van der Waals surface area contributed by atoms with Gasteiger partial charge in [0.2, 0.25) is 5.91 Å². The molecule has 0 fully saturated rings. The Bertz CT molecular complexity index is 635. The predicted molar refractivity (Wildman–Crippen MR) is 93.3 cm³/mol. The minimum atomic E-state index is 0.0133. The van der Waals surface area contributed by atoms with Crippen molar-refractivity contribution >= 4 is 11.5 Å². The van der Waals surface area contributed by atoms with E-state index in [0.29, 0.717) is 5.92 Å². The summed E-state index contributed by atoms with van der Waals surface area (Å²) in [5.41, 5.74) is 5.69. The number of nitrogens with one attached hydrogen (secondary N) is 1. The minimum absolute atomic E-state index is 0.0133.